The summed E-state index contributed by atoms with van der Waals surface area (Å²) in [6.45, 7) is 14.6. The first kappa shape index (κ1) is 44.2. The zero-order chi connectivity index (χ0) is 44.6. The van der Waals surface area contributed by atoms with Crippen LogP contribution in [-0.4, -0.2) is 86.5 Å². The Morgan fingerprint density at radius 1 is 0.875 bits per heavy atom. The molecule has 6 aromatic rings. The standard InChI is InChI=1S/C52H61F2N5O4Si/c1-7-41-44(53)22-21-36-28-38(62-34-60-6)29-42(45(36)41)47-46(54)48-43(30-55-47)49(58-26-14-16-35(2)31-58)57-50(56-48)61-33-52-24-15-27-59(52)37(23-25-52)32-63-64(51(3,4)5,39-17-10-8-11-18-39)40-19-12-9-13-20-40/h8-13,17-22,28-30,35,37H,7,14-16,23-27,31-34H2,1-6H3/t35-,37+,52-/m1/s1. The van der Waals surface area contributed by atoms with Crippen LogP contribution in [-0.2, 0) is 15.6 Å². The molecule has 0 aliphatic carbocycles. The Bertz CT molecular complexity index is 2570. The Balaban J connectivity index is 1.06. The van der Waals surface area contributed by atoms with Crippen molar-refractivity contribution in [3.63, 3.8) is 0 Å². The minimum absolute atomic E-state index is 0.000557. The maximum atomic E-state index is 17.5. The molecule has 64 heavy (non-hydrogen) atoms. The van der Waals surface area contributed by atoms with E-state index in [-0.39, 0.29) is 46.5 Å². The van der Waals surface area contributed by atoms with Gasteiger partial charge in [-0.1, -0.05) is 101 Å². The van der Waals surface area contributed by atoms with Gasteiger partial charge in [-0.2, -0.15) is 9.97 Å². The first-order valence-corrected chi connectivity index (χ1v) is 25.0. The molecular weight excluding hydrogens is 825 g/mol. The van der Waals surface area contributed by atoms with Crippen LogP contribution in [0.5, 0.6) is 11.8 Å². The maximum absolute atomic E-state index is 17.5. The molecule has 4 aromatic carbocycles. The second-order valence-electron chi connectivity index (χ2n) is 19.2. The number of halogens is 2. The molecule has 9 rings (SSSR count). The van der Waals surface area contributed by atoms with Crippen molar-refractivity contribution in [1.29, 1.82) is 0 Å². The third-order valence-electron chi connectivity index (χ3n) is 14.1. The summed E-state index contributed by atoms with van der Waals surface area (Å²) in [7, 11) is -1.19. The lowest BCUT2D eigenvalue weighted by atomic mass is 9.94. The fraction of sp³-hybridized carbons (Fsp3) is 0.442. The molecule has 0 N–H and O–H groups in total. The molecule has 3 atom stereocenters. The van der Waals surface area contributed by atoms with Crippen LogP contribution >= 0.6 is 0 Å². The Morgan fingerprint density at radius 3 is 2.31 bits per heavy atom. The number of nitrogens with zero attached hydrogens (tertiary/aromatic N) is 5. The smallest absolute Gasteiger partial charge is 0.319 e. The molecule has 5 heterocycles. The molecule has 3 aliphatic rings. The van der Waals surface area contributed by atoms with Crippen LogP contribution in [0.15, 0.2) is 91.1 Å². The topological polar surface area (TPSA) is 82.1 Å². The van der Waals surface area contributed by atoms with Crippen molar-refractivity contribution < 1.29 is 27.4 Å². The van der Waals surface area contributed by atoms with Crippen LogP contribution in [0.1, 0.15) is 78.7 Å². The number of benzene rings is 4. The quantitative estimate of drug-likeness (QED) is 0.0785. The summed E-state index contributed by atoms with van der Waals surface area (Å²) < 4.78 is 58.2. The molecule has 0 saturated carbocycles. The minimum atomic E-state index is -2.73. The van der Waals surface area contributed by atoms with Gasteiger partial charge in [0, 0.05) is 38.0 Å². The lowest BCUT2D eigenvalue weighted by Gasteiger charge is -2.44. The monoisotopic (exact) mass is 885 g/mol. The summed E-state index contributed by atoms with van der Waals surface area (Å²) in [6.07, 6.45) is 8.17. The van der Waals surface area contributed by atoms with E-state index in [0.717, 1.165) is 58.2 Å². The van der Waals surface area contributed by atoms with Crippen LogP contribution in [0.25, 0.3) is 32.9 Å². The van der Waals surface area contributed by atoms with Gasteiger partial charge in [0.15, 0.2) is 12.6 Å². The van der Waals surface area contributed by atoms with E-state index in [1.807, 2.05) is 13.0 Å². The zero-order valence-corrected chi connectivity index (χ0v) is 39.1. The number of rotatable bonds is 14. The van der Waals surface area contributed by atoms with E-state index >= 15 is 8.78 Å². The predicted octanol–water partition coefficient (Wildman–Crippen LogP) is 9.86. The van der Waals surface area contributed by atoms with E-state index in [2.05, 4.69) is 98.2 Å². The molecule has 2 aromatic heterocycles. The van der Waals surface area contributed by atoms with Crippen LogP contribution in [0.4, 0.5) is 14.6 Å². The van der Waals surface area contributed by atoms with E-state index < -0.39 is 14.1 Å². The van der Waals surface area contributed by atoms with E-state index in [4.69, 9.17) is 33.6 Å². The number of methoxy groups -OCH3 is 1. The van der Waals surface area contributed by atoms with Crippen molar-refractivity contribution in [1.82, 2.24) is 19.9 Å². The minimum Gasteiger partial charge on any atom is -0.468 e. The number of anilines is 1. The molecule has 3 aliphatic heterocycles. The highest BCUT2D eigenvalue weighted by molar-refractivity contribution is 6.99. The number of aryl methyl sites for hydroxylation is 1. The number of fused-ring (bicyclic) bond motifs is 3. The summed E-state index contributed by atoms with van der Waals surface area (Å²) in [6, 6.07) is 28.7. The molecule has 0 bridgehead atoms. The molecule has 0 amide bonds. The first-order valence-electron chi connectivity index (χ1n) is 23.1. The van der Waals surface area contributed by atoms with Gasteiger partial charge in [-0.3, -0.25) is 9.88 Å². The fourth-order valence-corrected chi connectivity index (χ4v) is 15.7. The SMILES string of the molecule is CCc1c(F)ccc2cc(OCOC)cc(-c3ncc4c(N5CCC[C@@H](C)C5)nc(OC[C@]56CCCN5[C@H](CO[Si](c5ccccc5)(c5ccccc5)C(C)(C)C)CC6)nc4c3F)c12. The van der Waals surface area contributed by atoms with Crippen molar-refractivity contribution in [3.05, 3.63) is 108 Å². The molecule has 0 radical (unpaired) electrons. The van der Waals surface area contributed by atoms with Gasteiger partial charge in [-0.05, 0) is 107 Å². The average Bonchev–Trinajstić information content (AvgIpc) is 3.87. The highest BCUT2D eigenvalue weighted by Gasteiger charge is 2.54. The molecule has 3 fully saturated rings. The normalized spacial score (nSPS) is 20.6. The third kappa shape index (κ3) is 8.05. The fourth-order valence-electron chi connectivity index (χ4n) is 11.1. The van der Waals surface area contributed by atoms with Gasteiger partial charge in [0.25, 0.3) is 8.32 Å². The Morgan fingerprint density at radius 2 is 1.62 bits per heavy atom. The molecule has 0 unspecified atom stereocenters. The average molecular weight is 886 g/mol. The number of piperidine rings is 1. The lowest BCUT2D eigenvalue weighted by Crippen LogP contribution is -2.67. The zero-order valence-electron chi connectivity index (χ0n) is 38.1. The molecule has 336 valence electrons. The van der Waals surface area contributed by atoms with Gasteiger partial charge < -0.3 is 23.5 Å². The molecule has 3 saturated heterocycles. The van der Waals surface area contributed by atoms with Crippen LogP contribution in [0.2, 0.25) is 5.04 Å². The first-order chi connectivity index (χ1) is 31.0. The molecule has 9 nitrogen and oxygen atoms in total. The van der Waals surface area contributed by atoms with Gasteiger partial charge in [0.05, 0.1) is 17.5 Å². The summed E-state index contributed by atoms with van der Waals surface area (Å²) in [4.78, 5) is 19.5. The highest BCUT2D eigenvalue weighted by Crippen LogP contribution is 2.45. The maximum Gasteiger partial charge on any atom is 0.319 e. The Kier molecular flexibility index (Phi) is 12.5. The van der Waals surface area contributed by atoms with Gasteiger partial charge in [0.2, 0.25) is 0 Å². The van der Waals surface area contributed by atoms with Crippen LogP contribution in [0, 0.1) is 17.6 Å². The Labute approximate surface area is 377 Å². The second-order valence-corrected chi connectivity index (χ2v) is 23.5. The van der Waals surface area contributed by atoms with E-state index in [9.17, 15) is 0 Å². The van der Waals surface area contributed by atoms with Crippen LogP contribution < -0.4 is 24.7 Å². The van der Waals surface area contributed by atoms with Crippen molar-refractivity contribution in [2.75, 3.05) is 51.7 Å². The van der Waals surface area contributed by atoms with Gasteiger partial charge in [0.1, 0.15) is 35.2 Å². The van der Waals surface area contributed by atoms with E-state index in [1.54, 1.807) is 18.3 Å². The van der Waals surface area contributed by atoms with Crippen molar-refractivity contribution >= 4 is 46.2 Å². The van der Waals surface area contributed by atoms with Gasteiger partial charge in [-0.25, -0.2) is 8.78 Å². The van der Waals surface area contributed by atoms with Crippen LogP contribution in [0.3, 0.4) is 0 Å². The van der Waals surface area contributed by atoms with Gasteiger partial charge in [-0.15, -0.1) is 0 Å². The van der Waals surface area contributed by atoms with Gasteiger partial charge >= 0.3 is 6.01 Å². The number of aromatic nitrogens is 3. The third-order valence-corrected chi connectivity index (χ3v) is 19.1. The number of ether oxygens (including phenoxy) is 3. The molecule has 0 spiro atoms. The van der Waals surface area contributed by atoms with E-state index in [0.29, 0.717) is 64.4 Å². The lowest BCUT2D eigenvalue weighted by molar-refractivity contribution is 0.0512. The summed E-state index contributed by atoms with van der Waals surface area (Å²) >= 11 is 0. The summed E-state index contributed by atoms with van der Waals surface area (Å²) in [5, 5.41) is 4.25. The number of hydrogen-bond acceptors (Lipinski definition) is 9. The van der Waals surface area contributed by atoms with Crippen molar-refractivity contribution in [3.8, 4) is 23.0 Å². The predicted molar refractivity (Wildman–Crippen MR) is 253 cm³/mol. The van der Waals surface area contributed by atoms with Crippen molar-refractivity contribution in [2.24, 2.45) is 5.92 Å². The summed E-state index contributed by atoms with van der Waals surface area (Å²) in [5.41, 5.74) is 0.864. The number of hydrogen-bond donors (Lipinski definition) is 0. The molecular formula is C52H61F2N5O4Si. The number of pyridine rings is 1. The Hall–Kier alpha value is -5.01. The second kappa shape index (κ2) is 18.1. The molecule has 12 heteroatoms. The largest absolute Gasteiger partial charge is 0.468 e. The highest BCUT2D eigenvalue weighted by atomic mass is 28.4. The summed E-state index contributed by atoms with van der Waals surface area (Å²) in [5.74, 6) is 0.550. The van der Waals surface area contributed by atoms with E-state index in [1.165, 1.54) is 23.5 Å². The van der Waals surface area contributed by atoms with Crippen molar-refractivity contribution in [2.45, 2.75) is 96.2 Å².